The summed E-state index contributed by atoms with van der Waals surface area (Å²) in [5.41, 5.74) is 2.71. The Morgan fingerprint density at radius 2 is 1.91 bits per heavy atom. The number of hydrogen-bond donors (Lipinski definition) is 1. The fraction of sp³-hybridized carbons (Fsp3) is 0.0588. The quantitative estimate of drug-likeness (QED) is 0.602. The van der Waals surface area contributed by atoms with Crippen molar-refractivity contribution >= 4 is 32.9 Å². The third-order valence-electron chi connectivity index (χ3n) is 3.64. The van der Waals surface area contributed by atoms with Gasteiger partial charge in [-0.15, -0.1) is 11.3 Å². The van der Waals surface area contributed by atoms with E-state index in [1.54, 1.807) is 18.4 Å². The molecular formula is C17H12N2O2S2. The van der Waals surface area contributed by atoms with Gasteiger partial charge in [-0.05, 0) is 29.1 Å². The van der Waals surface area contributed by atoms with Crippen LogP contribution < -0.4 is 10.3 Å². The maximum Gasteiger partial charge on any atom is 0.260 e. The van der Waals surface area contributed by atoms with E-state index in [0.29, 0.717) is 11.2 Å². The Kier molecular flexibility index (Phi) is 3.48. The second-order valence-corrected chi connectivity index (χ2v) is 6.62. The zero-order chi connectivity index (χ0) is 15.8. The van der Waals surface area contributed by atoms with Gasteiger partial charge in [0, 0.05) is 21.9 Å². The fourth-order valence-corrected chi connectivity index (χ4v) is 4.06. The highest BCUT2D eigenvalue weighted by molar-refractivity contribution is 7.17. The number of hydrogen-bond acceptors (Lipinski definition) is 5. The summed E-state index contributed by atoms with van der Waals surface area (Å²) in [5, 5.41) is 6.56. The minimum atomic E-state index is -0.108. The Bertz CT molecular complexity index is 1020. The Morgan fingerprint density at radius 3 is 2.61 bits per heavy atom. The summed E-state index contributed by atoms with van der Waals surface area (Å²) in [7, 11) is 1.63. The molecule has 0 fully saturated rings. The van der Waals surface area contributed by atoms with Crippen LogP contribution in [-0.2, 0) is 0 Å². The first-order valence-corrected chi connectivity index (χ1v) is 8.77. The van der Waals surface area contributed by atoms with Crippen LogP contribution in [0.5, 0.6) is 5.75 Å². The number of rotatable bonds is 3. The predicted molar refractivity (Wildman–Crippen MR) is 95.5 cm³/mol. The number of methoxy groups -OCH3 is 1. The lowest BCUT2D eigenvalue weighted by Gasteiger charge is -2.03. The largest absolute Gasteiger partial charge is 0.497 e. The third-order valence-corrected chi connectivity index (χ3v) is 5.20. The van der Waals surface area contributed by atoms with Crippen LogP contribution in [0.25, 0.3) is 32.7 Å². The average Bonchev–Trinajstić information content (AvgIpc) is 3.24. The van der Waals surface area contributed by atoms with E-state index in [1.807, 2.05) is 46.5 Å². The van der Waals surface area contributed by atoms with Gasteiger partial charge in [-0.3, -0.25) is 4.79 Å². The number of thiophene rings is 2. The van der Waals surface area contributed by atoms with Crippen LogP contribution in [0, 0.1) is 0 Å². The van der Waals surface area contributed by atoms with Gasteiger partial charge < -0.3 is 9.72 Å². The molecule has 4 rings (SSSR count). The number of H-pyrrole nitrogens is 1. The van der Waals surface area contributed by atoms with Gasteiger partial charge >= 0.3 is 0 Å². The summed E-state index contributed by atoms with van der Waals surface area (Å²) in [4.78, 5) is 20.8. The van der Waals surface area contributed by atoms with Gasteiger partial charge in [0.25, 0.3) is 5.56 Å². The molecule has 0 aliphatic heterocycles. The van der Waals surface area contributed by atoms with Crippen molar-refractivity contribution in [3.05, 3.63) is 56.8 Å². The molecule has 3 heterocycles. The minimum absolute atomic E-state index is 0.108. The molecule has 0 atom stereocenters. The summed E-state index contributed by atoms with van der Waals surface area (Å²) >= 11 is 3.07. The predicted octanol–water partition coefficient (Wildman–Crippen LogP) is 4.39. The number of nitrogens with zero attached hydrogens (tertiary/aromatic N) is 1. The monoisotopic (exact) mass is 340 g/mol. The van der Waals surface area contributed by atoms with Crippen molar-refractivity contribution < 1.29 is 4.74 Å². The molecule has 1 aromatic carbocycles. The number of aromatic nitrogens is 2. The van der Waals surface area contributed by atoms with Crippen LogP contribution >= 0.6 is 22.7 Å². The molecule has 6 heteroatoms. The lowest BCUT2D eigenvalue weighted by molar-refractivity contribution is 0.415. The van der Waals surface area contributed by atoms with E-state index in [0.717, 1.165) is 27.3 Å². The van der Waals surface area contributed by atoms with Gasteiger partial charge in [0.1, 0.15) is 16.4 Å². The van der Waals surface area contributed by atoms with E-state index in [9.17, 15) is 4.79 Å². The Labute approximate surface area is 140 Å². The zero-order valence-electron chi connectivity index (χ0n) is 12.2. The lowest BCUT2D eigenvalue weighted by atomic mass is 10.1. The number of benzene rings is 1. The van der Waals surface area contributed by atoms with E-state index in [-0.39, 0.29) is 5.56 Å². The summed E-state index contributed by atoms with van der Waals surface area (Å²) in [6.07, 6.45) is 0. The van der Waals surface area contributed by atoms with E-state index >= 15 is 0 Å². The van der Waals surface area contributed by atoms with Crippen molar-refractivity contribution in [3.8, 4) is 28.3 Å². The van der Waals surface area contributed by atoms with Crippen molar-refractivity contribution in [3.63, 3.8) is 0 Å². The van der Waals surface area contributed by atoms with Crippen LogP contribution in [0.15, 0.2) is 51.3 Å². The zero-order valence-corrected chi connectivity index (χ0v) is 13.8. The minimum Gasteiger partial charge on any atom is -0.497 e. The van der Waals surface area contributed by atoms with E-state index in [2.05, 4.69) is 9.97 Å². The van der Waals surface area contributed by atoms with E-state index in [4.69, 9.17) is 4.74 Å². The van der Waals surface area contributed by atoms with Crippen molar-refractivity contribution in [2.45, 2.75) is 0 Å². The lowest BCUT2D eigenvalue weighted by Crippen LogP contribution is -2.08. The SMILES string of the molecule is COc1ccc(-c2csc3nc(-c4ccsc4)[nH]c(=O)c23)cc1. The number of fused-ring (bicyclic) bond motifs is 1. The second kappa shape index (κ2) is 5.64. The van der Waals surface area contributed by atoms with Crippen LogP contribution in [0.1, 0.15) is 0 Å². The third kappa shape index (κ3) is 2.46. The molecule has 0 spiro atoms. The molecule has 0 bridgehead atoms. The molecule has 0 saturated carbocycles. The first-order valence-electron chi connectivity index (χ1n) is 6.95. The Morgan fingerprint density at radius 1 is 1.09 bits per heavy atom. The molecule has 0 radical (unpaired) electrons. The van der Waals surface area contributed by atoms with Crippen molar-refractivity contribution in [1.82, 2.24) is 9.97 Å². The van der Waals surface area contributed by atoms with Gasteiger partial charge in [-0.1, -0.05) is 12.1 Å². The summed E-state index contributed by atoms with van der Waals surface area (Å²) < 4.78 is 5.18. The van der Waals surface area contributed by atoms with Crippen molar-refractivity contribution in [2.75, 3.05) is 7.11 Å². The maximum absolute atomic E-state index is 12.6. The Hall–Kier alpha value is -2.44. The molecular weight excluding hydrogens is 328 g/mol. The standard InChI is InChI=1S/C17H12N2O2S2/c1-21-12-4-2-10(3-5-12)13-9-23-17-14(13)16(20)18-15(19-17)11-6-7-22-8-11/h2-9H,1H3,(H,18,19,20). The van der Waals surface area contributed by atoms with Gasteiger partial charge in [-0.2, -0.15) is 11.3 Å². The molecule has 4 aromatic rings. The maximum atomic E-state index is 12.6. The first kappa shape index (κ1) is 14.2. The molecule has 1 N–H and O–H groups in total. The van der Waals surface area contributed by atoms with Crippen LogP contribution in [-0.4, -0.2) is 17.1 Å². The van der Waals surface area contributed by atoms with Crippen LogP contribution in [0.2, 0.25) is 0 Å². The smallest absolute Gasteiger partial charge is 0.260 e. The molecule has 0 amide bonds. The highest BCUT2D eigenvalue weighted by atomic mass is 32.1. The van der Waals surface area contributed by atoms with E-state index < -0.39 is 0 Å². The molecule has 3 aromatic heterocycles. The highest BCUT2D eigenvalue weighted by Gasteiger charge is 2.13. The van der Waals surface area contributed by atoms with Gasteiger partial charge in [0.15, 0.2) is 0 Å². The van der Waals surface area contributed by atoms with Gasteiger partial charge in [-0.25, -0.2) is 4.98 Å². The molecule has 0 aliphatic carbocycles. The fourth-order valence-electron chi connectivity index (χ4n) is 2.47. The van der Waals surface area contributed by atoms with Crippen molar-refractivity contribution in [1.29, 1.82) is 0 Å². The molecule has 0 unspecified atom stereocenters. The average molecular weight is 340 g/mol. The second-order valence-electron chi connectivity index (χ2n) is 4.98. The summed E-state index contributed by atoms with van der Waals surface area (Å²) in [6.45, 7) is 0. The summed E-state index contributed by atoms with van der Waals surface area (Å²) in [5.74, 6) is 1.41. The van der Waals surface area contributed by atoms with E-state index in [1.165, 1.54) is 11.3 Å². The Balaban J connectivity index is 1.88. The topological polar surface area (TPSA) is 55.0 Å². The van der Waals surface area contributed by atoms with Crippen LogP contribution in [0.4, 0.5) is 0 Å². The van der Waals surface area contributed by atoms with Crippen molar-refractivity contribution in [2.24, 2.45) is 0 Å². The summed E-state index contributed by atoms with van der Waals surface area (Å²) in [6, 6.07) is 9.63. The number of aromatic amines is 1. The first-order chi connectivity index (χ1) is 11.3. The van der Waals surface area contributed by atoms with Gasteiger partial charge in [0.2, 0.25) is 0 Å². The molecule has 23 heavy (non-hydrogen) atoms. The molecule has 114 valence electrons. The normalized spacial score (nSPS) is 11.0. The number of nitrogens with one attached hydrogen (secondary N) is 1. The molecule has 0 aliphatic rings. The number of ether oxygens (including phenoxy) is 1. The molecule has 4 nitrogen and oxygen atoms in total. The van der Waals surface area contributed by atoms with Crippen LogP contribution in [0.3, 0.4) is 0 Å². The highest BCUT2D eigenvalue weighted by Crippen LogP contribution is 2.32. The molecule has 0 saturated heterocycles. The van der Waals surface area contributed by atoms with Gasteiger partial charge in [0.05, 0.1) is 12.5 Å².